The number of carbonyl (C=O) groups is 1. The number of esters is 1. The van der Waals surface area contributed by atoms with E-state index in [1.165, 1.54) is 24.3 Å². The Hall–Kier alpha value is -2.31. The number of halogens is 2. The molecule has 19 heavy (non-hydrogen) atoms. The predicted octanol–water partition coefficient (Wildman–Crippen LogP) is 2.85. The molecule has 1 aromatic heterocycles. The summed E-state index contributed by atoms with van der Waals surface area (Å²) < 4.78 is 34.6. The summed E-state index contributed by atoms with van der Waals surface area (Å²) in [5.74, 6) is -0.913. The lowest BCUT2D eigenvalue weighted by atomic mass is 10.1. The predicted molar refractivity (Wildman–Crippen MR) is 60.6 cm³/mol. The van der Waals surface area contributed by atoms with E-state index in [1.54, 1.807) is 6.92 Å². The Balaban J connectivity index is 2.20. The fraction of sp³-hybridized carbons (Fsp3) is 0.250. The van der Waals surface area contributed by atoms with Gasteiger partial charge in [-0.2, -0.15) is 0 Å². The smallest absolute Gasteiger partial charge is 0.396 e. The van der Waals surface area contributed by atoms with E-state index in [1.807, 2.05) is 0 Å². The molecule has 1 aromatic carbocycles. The van der Waals surface area contributed by atoms with Crippen molar-refractivity contribution in [1.29, 1.82) is 0 Å². The summed E-state index contributed by atoms with van der Waals surface area (Å²) in [4.78, 5) is 11.3. The van der Waals surface area contributed by atoms with Gasteiger partial charge < -0.3 is 9.15 Å². The molecule has 0 radical (unpaired) electrons. The zero-order valence-corrected chi connectivity index (χ0v) is 9.97. The molecule has 0 amide bonds. The van der Waals surface area contributed by atoms with Gasteiger partial charge in [0.15, 0.2) is 0 Å². The Labute approximate surface area is 107 Å². The summed E-state index contributed by atoms with van der Waals surface area (Å²) in [5, 5.41) is 7.19. The number of nitrogens with zero attached hydrogens (tertiary/aromatic N) is 2. The molecule has 1 heterocycles. The van der Waals surface area contributed by atoms with E-state index < -0.39 is 12.4 Å². The van der Waals surface area contributed by atoms with E-state index in [0.717, 1.165) is 0 Å². The molecule has 0 saturated carbocycles. The van der Waals surface area contributed by atoms with Gasteiger partial charge in [-0.25, -0.2) is 13.6 Å². The number of hydrogen-bond donors (Lipinski definition) is 0. The molecular formula is C12H10F2N2O3. The van der Waals surface area contributed by atoms with E-state index in [0.29, 0.717) is 5.56 Å². The fourth-order valence-electron chi connectivity index (χ4n) is 1.39. The quantitative estimate of drug-likeness (QED) is 0.798. The van der Waals surface area contributed by atoms with Crippen molar-refractivity contribution in [1.82, 2.24) is 10.2 Å². The van der Waals surface area contributed by atoms with Crippen molar-refractivity contribution in [2.24, 2.45) is 0 Å². The van der Waals surface area contributed by atoms with Crippen LogP contribution in [-0.4, -0.2) is 22.8 Å². The second kappa shape index (κ2) is 5.55. The molecular weight excluding hydrogens is 258 g/mol. The summed E-state index contributed by atoms with van der Waals surface area (Å²) >= 11 is 0. The van der Waals surface area contributed by atoms with Crippen LogP contribution < -0.4 is 0 Å². The van der Waals surface area contributed by atoms with Crippen LogP contribution in [0.15, 0.2) is 28.7 Å². The minimum Gasteiger partial charge on any atom is -0.459 e. The van der Waals surface area contributed by atoms with Gasteiger partial charge in [-0.3, -0.25) is 0 Å². The molecule has 0 aliphatic rings. The van der Waals surface area contributed by atoms with E-state index in [-0.39, 0.29) is 24.0 Å². The van der Waals surface area contributed by atoms with E-state index >= 15 is 0 Å². The number of alkyl halides is 2. The average molecular weight is 268 g/mol. The topological polar surface area (TPSA) is 65.2 Å². The molecule has 2 rings (SSSR count). The molecule has 0 aliphatic heterocycles. The average Bonchev–Trinajstić information content (AvgIpc) is 2.89. The number of rotatable bonds is 4. The first-order valence-electron chi connectivity index (χ1n) is 5.51. The molecule has 0 atom stereocenters. The Morgan fingerprint density at radius 3 is 2.58 bits per heavy atom. The van der Waals surface area contributed by atoms with E-state index in [2.05, 4.69) is 10.2 Å². The van der Waals surface area contributed by atoms with Gasteiger partial charge in [-0.15, -0.1) is 10.2 Å². The van der Waals surface area contributed by atoms with Crippen LogP contribution in [0, 0.1) is 0 Å². The highest BCUT2D eigenvalue weighted by Gasteiger charge is 2.17. The third-order valence-corrected chi connectivity index (χ3v) is 2.28. The number of benzene rings is 1. The van der Waals surface area contributed by atoms with Crippen molar-refractivity contribution >= 4 is 5.97 Å². The van der Waals surface area contributed by atoms with Crippen LogP contribution in [0.1, 0.15) is 29.6 Å². The van der Waals surface area contributed by atoms with Crippen LogP contribution in [0.25, 0.3) is 11.5 Å². The van der Waals surface area contributed by atoms with Crippen molar-refractivity contribution in [3.8, 4) is 11.5 Å². The van der Waals surface area contributed by atoms with Crippen molar-refractivity contribution in [3.63, 3.8) is 0 Å². The second-order valence-electron chi connectivity index (χ2n) is 3.56. The van der Waals surface area contributed by atoms with Crippen LogP contribution in [0.4, 0.5) is 8.78 Å². The molecule has 0 fully saturated rings. The van der Waals surface area contributed by atoms with Gasteiger partial charge in [0.1, 0.15) is 0 Å². The second-order valence-corrected chi connectivity index (χ2v) is 3.56. The molecule has 0 spiro atoms. The first kappa shape index (κ1) is 13.1. The first-order chi connectivity index (χ1) is 9.11. The molecule has 0 saturated heterocycles. The van der Waals surface area contributed by atoms with Gasteiger partial charge >= 0.3 is 11.9 Å². The minimum absolute atomic E-state index is 0.0730. The zero-order valence-electron chi connectivity index (χ0n) is 9.97. The molecule has 2 aromatic rings. The van der Waals surface area contributed by atoms with Crippen LogP contribution in [-0.2, 0) is 4.74 Å². The Morgan fingerprint density at radius 2 is 2.00 bits per heavy atom. The SMILES string of the molecule is CCOC(=O)c1nnc(-c2ccc(C(F)F)cc2)o1. The van der Waals surface area contributed by atoms with Gasteiger partial charge in [0.25, 0.3) is 6.43 Å². The molecule has 0 aliphatic carbocycles. The number of hydrogen-bond acceptors (Lipinski definition) is 5. The largest absolute Gasteiger partial charge is 0.459 e. The Bertz CT molecular complexity index is 567. The highest BCUT2D eigenvalue weighted by Crippen LogP contribution is 2.23. The summed E-state index contributed by atoms with van der Waals surface area (Å²) in [6.07, 6.45) is -2.54. The maximum atomic E-state index is 12.4. The van der Waals surface area contributed by atoms with Gasteiger partial charge in [0, 0.05) is 11.1 Å². The Kier molecular flexibility index (Phi) is 3.84. The van der Waals surface area contributed by atoms with Gasteiger partial charge in [-0.1, -0.05) is 12.1 Å². The zero-order chi connectivity index (χ0) is 13.8. The Morgan fingerprint density at radius 1 is 1.32 bits per heavy atom. The lowest BCUT2D eigenvalue weighted by Gasteiger charge is -1.99. The molecule has 0 unspecified atom stereocenters. The van der Waals surface area contributed by atoms with Crippen molar-refractivity contribution in [2.75, 3.05) is 6.61 Å². The molecule has 5 nitrogen and oxygen atoms in total. The van der Waals surface area contributed by atoms with Crippen molar-refractivity contribution in [2.45, 2.75) is 13.3 Å². The van der Waals surface area contributed by atoms with Gasteiger partial charge in [0.05, 0.1) is 6.61 Å². The number of carbonyl (C=O) groups excluding carboxylic acids is 1. The summed E-state index contributed by atoms with van der Waals surface area (Å²) in [7, 11) is 0. The molecule has 7 heteroatoms. The lowest BCUT2D eigenvalue weighted by molar-refractivity contribution is 0.0481. The number of aromatic nitrogens is 2. The highest BCUT2D eigenvalue weighted by atomic mass is 19.3. The van der Waals surface area contributed by atoms with Crippen LogP contribution in [0.2, 0.25) is 0 Å². The van der Waals surface area contributed by atoms with Crippen molar-refractivity contribution < 1.29 is 22.7 Å². The van der Waals surface area contributed by atoms with Crippen LogP contribution in [0.3, 0.4) is 0 Å². The standard InChI is InChI=1S/C12H10F2N2O3/c1-2-18-12(17)11-16-15-10(19-11)8-5-3-7(4-6-8)9(13)14/h3-6,9H,2H2,1H3. The molecule has 100 valence electrons. The third-order valence-electron chi connectivity index (χ3n) is 2.28. The summed E-state index contributed by atoms with van der Waals surface area (Å²) in [6, 6.07) is 5.36. The van der Waals surface area contributed by atoms with E-state index in [9.17, 15) is 13.6 Å². The normalized spacial score (nSPS) is 10.7. The minimum atomic E-state index is -2.54. The lowest BCUT2D eigenvalue weighted by Crippen LogP contribution is -2.04. The van der Waals surface area contributed by atoms with Crippen molar-refractivity contribution in [3.05, 3.63) is 35.7 Å². The first-order valence-corrected chi connectivity index (χ1v) is 5.51. The maximum Gasteiger partial charge on any atom is 0.396 e. The van der Waals surface area contributed by atoms with E-state index in [4.69, 9.17) is 9.15 Å². The molecule has 0 bridgehead atoms. The maximum absolute atomic E-state index is 12.4. The fourth-order valence-corrected chi connectivity index (χ4v) is 1.39. The van der Waals surface area contributed by atoms with Crippen LogP contribution >= 0.6 is 0 Å². The monoisotopic (exact) mass is 268 g/mol. The summed E-state index contributed by atoms with van der Waals surface area (Å²) in [5.41, 5.74) is 0.348. The van der Waals surface area contributed by atoms with Gasteiger partial charge in [-0.05, 0) is 19.1 Å². The summed E-state index contributed by atoms with van der Waals surface area (Å²) in [6.45, 7) is 1.85. The van der Waals surface area contributed by atoms with Gasteiger partial charge in [0.2, 0.25) is 5.89 Å². The van der Waals surface area contributed by atoms with Crippen LogP contribution in [0.5, 0.6) is 0 Å². The molecule has 0 N–H and O–H groups in total. The number of ether oxygens (including phenoxy) is 1. The third kappa shape index (κ3) is 2.93. The highest BCUT2D eigenvalue weighted by molar-refractivity contribution is 5.84.